The quantitative estimate of drug-likeness (QED) is 0.580. The van der Waals surface area contributed by atoms with Crippen LogP contribution in [0.2, 0.25) is 0 Å². The Kier molecular flexibility index (Phi) is 2.87. The van der Waals surface area contributed by atoms with Crippen LogP contribution in [0.25, 0.3) is 0 Å². The van der Waals surface area contributed by atoms with E-state index >= 15 is 0 Å². The topological polar surface area (TPSA) is 29.1 Å². The highest BCUT2D eigenvalue weighted by Crippen LogP contribution is 2.21. The van der Waals surface area contributed by atoms with Gasteiger partial charge in [-0.05, 0) is 19.9 Å². The number of nitrogens with one attached hydrogen (secondary N) is 1. The SMILES string of the molecule is CN[C@@H]1CCCC[C@H]1C=O. The first kappa shape index (κ1) is 7.73. The molecule has 0 amide bonds. The lowest BCUT2D eigenvalue weighted by molar-refractivity contribution is -0.112. The lowest BCUT2D eigenvalue weighted by Crippen LogP contribution is -2.36. The Hall–Kier alpha value is -0.370. The van der Waals surface area contributed by atoms with Crippen LogP contribution in [0.5, 0.6) is 0 Å². The van der Waals surface area contributed by atoms with E-state index in [1.54, 1.807) is 0 Å². The lowest BCUT2D eigenvalue weighted by Gasteiger charge is -2.26. The number of hydrogen-bond donors (Lipinski definition) is 1. The summed E-state index contributed by atoms with van der Waals surface area (Å²) in [6.07, 6.45) is 5.84. The third-order valence-electron chi connectivity index (χ3n) is 2.36. The van der Waals surface area contributed by atoms with Crippen LogP contribution in [0.4, 0.5) is 0 Å². The van der Waals surface area contributed by atoms with Gasteiger partial charge >= 0.3 is 0 Å². The monoisotopic (exact) mass is 141 g/mol. The number of rotatable bonds is 2. The van der Waals surface area contributed by atoms with Crippen LogP contribution in [0, 0.1) is 5.92 Å². The normalized spacial score (nSPS) is 33.7. The van der Waals surface area contributed by atoms with Gasteiger partial charge in [0.2, 0.25) is 0 Å². The molecule has 10 heavy (non-hydrogen) atoms. The molecule has 0 radical (unpaired) electrons. The number of aldehydes is 1. The van der Waals surface area contributed by atoms with Crippen molar-refractivity contribution in [1.29, 1.82) is 0 Å². The molecule has 1 saturated carbocycles. The summed E-state index contributed by atoms with van der Waals surface area (Å²) in [4.78, 5) is 10.5. The molecule has 0 bridgehead atoms. The van der Waals surface area contributed by atoms with E-state index in [2.05, 4.69) is 5.32 Å². The molecule has 0 heterocycles. The van der Waals surface area contributed by atoms with E-state index in [0.29, 0.717) is 6.04 Å². The van der Waals surface area contributed by atoms with Gasteiger partial charge in [0.25, 0.3) is 0 Å². The van der Waals surface area contributed by atoms with Gasteiger partial charge in [-0.3, -0.25) is 0 Å². The molecule has 0 aromatic carbocycles. The number of hydrogen-bond acceptors (Lipinski definition) is 2. The molecule has 1 aliphatic rings. The van der Waals surface area contributed by atoms with E-state index in [1.165, 1.54) is 19.3 Å². The summed E-state index contributed by atoms with van der Waals surface area (Å²) < 4.78 is 0. The van der Waals surface area contributed by atoms with E-state index in [-0.39, 0.29) is 5.92 Å². The molecule has 2 nitrogen and oxygen atoms in total. The Morgan fingerprint density at radius 1 is 1.40 bits per heavy atom. The van der Waals surface area contributed by atoms with Gasteiger partial charge in [0.1, 0.15) is 6.29 Å². The van der Waals surface area contributed by atoms with Crippen molar-refractivity contribution in [3.05, 3.63) is 0 Å². The van der Waals surface area contributed by atoms with Crippen LogP contribution < -0.4 is 5.32 Å². The first-order chi connectivity index (χ1) is 4.88. The average Bonchev–Trinajstić information content (AvgIpc) is 2.04. The van der Waals surface area contributed by atoms with Crippen molar-refractivity contribution in [2.24, 2.45) is 5.92 Å². The zero-order valence-electron chi connectivity index (χ0n) is 6.47. The van der Waals surface area contributed by atoms with Crippen LogP contribution in [-0.2, 0) is 4.79 Å². The third kappa shape index (κ3) is 1.57. The van der Waals surface area contributed by atoms with E-state index in [9.17, 15) is 4.79 Å². The van der Waals surface area contributed by atoms with Crippen molar-refractivity contribution < 1.29 is 4.79 Å². The van der Waals surface area contributed by atoms with Gasteiger partial charge in [0.15, 0.2) is 0 Å². The Morgan fingerprint density at radius 3 is 2.60 bits per heavy atom. The van der Waals surface area contributed by atoms with Gasteiger partial charge in [-0.25, -0.2) is 0 Å². The van der Waals surface area contributed by atoms with Crippen LogP contribution >= 0.6 is 0 Å². The molecule has 1 fully saturated rings. The maximum Gasteiger partial charge on any atom is 0.124 e. The fourth-order valence-electron chi connectivity index (χ4n) is 1.68. The summed E-state index contributed by atoms with van der Waals surface area (Å²) in [5, 5.41) is 3.17. The minimum atomic E-state index is 0.277. The maximum absolute atomic E-state index is 10.5. The predicted molar refractivity (Wildman–Crippen MR) is 40.9 cm³/mol. The zero-order valence-corrected chi connectivity index (χ0v) is 6.47. The predicted octanol–water partition coefficient (Wildman–Crippen LogP) is 0.963. The van der Waals surface area contributed by atoms with Crippen molar-refractivity contribution in [2.75, 3.05) is 7.05 Å². The summed E-state index contributed by atoms with van der Waals surface area (Å²) >= 11 is 0. The summed E-state index contributed by atoms with van der Waals surface area (Å²) in [6.45, 7) is 0. The second-order valence-electron chi connectivity index (χ2n) is 2.98. The number of carbonyl (C=O) groups excluding carboxylic acids is 1. The maximum atomic E-state index is 10.5. The third-order valence-corrected chi connectivity index (χ3v) is 2.36. The van der Waals surface area contributed by atoms with Crippen molar-refractivity contribution in [2.45, 2.75) is 31.7 Å². The van der Waals surface area contributed by atoms with Gasteiger partial charge < -0.3 is 10.1 Å². The van der Waals surface area contributed by atoms with Crippen LogP contribution in [-0.4, -0.2) is 19.4 Å². The molecule has 1 rings (SSSR count). The van der Waals surface area contributed by atoms with Crippen LogP contribution in [0.1, 0.15) is 25.7 Å². The molecule has 0 spiro atoms. The fourth-order valence-corrected chi connectivity index (χ4v) is 1.68. The van der Waals surface area contributed by atoms with Crippen LogP contribution in [0.15, 0.2) is 0 Å². The Bertz CT molecular complexity index is 114. The molecular weight excluding hydrogens is 126 g/mol. The Balaban J connectivity index is 2.41. The van der Waals surface area contributed by atoms with E-state index in [4.69, 9.17) is 0 Å². The highest BCUT2D eigenvalue weighted by molar-refractivity contribution is 5.54. The van der Waals surface area contributed by atoms with E-state index < -0.39 is 0 Å². The lowest BCUT2D eigenvalue weighted by atomic mass is 9.86. The minimum absolute atomic E-state index is 0.277. The van der Waals surface area contributed by atoms with Crippen molar-refractivity contribution in [3.63, 3.8) is 0 Å². The van der Waals surface area contributed by atoms with Crippen molar-refractivity contribution in [3.8, 4) is 0 Å². The van der Waals surface area contributed by atoms with Gasteiger partial charge in [0.05, 0.1) is 0 Å². The van der Waals surface area contributed by atoms with Gasteiger partial charge in [0, 0.05) is 12.0 Å². The molecule has 58 valence electrons. The molecule has 0 aliphatic heterocycles. The van der Waals surface area contributed by atoms with Gasteiger partial charge in [-0.1, -0.05) is 12.8 Å². The molecule has 0 unspecified atom stereocenters. The minimum Gasteiger partial charge on any atom is -0.316 e. The summed E-state index contributed by atoms with van der Waals surface area (Å²) in [7, 11) is 1.94. The Morgan fingerprint density at radius 2 is 2.10 bits per heavy atom. The van der Waals surface area contributed by atoms with E-state index in [1.807, 2.05) is 7.05 Å². The average molecular weight is 141 g/mol. The second-order valence-corrected chi connectivity index (χ2v) is 2.98. The molecule has 0 aromatic rings. The highest BCUT2D eigenvalue weighted by Gasteiger charge is 2.22. The van der Waals surface area contributed by atoms with Crippen molar-refractivity contribution >= 4 is 6.29 Å². The first-order valence-corrected chi connectivity index (χ1v) is 4.01. The molecule has 1 aliphatic carbocycles. The first-order valence-electron chi connectivity index (χ1n) is 4.01. The van der Waals surface area contributed by atoms with Crippen molar-refractivity contribution in [1.82, 2.24) is 5.32 Å². The second kappa shape index (κ2) is 3.71. The molecule has 2 heteroatoms. The van der Waals surface area contributed by atoms with Gasteiger partial charge in [-0.15, -0.1) is 0 Å². The van der Waals surface area contributed by atoms with Crippen LogP contribution in [0.3, 0.4) is 0 Å². The largest absolute Gasteiger partial charge is 0.316 e. The molecule has 2 atom stereocenters. The molecule has 1 N–H and O–H groups in total. The molecular formula is C8H15NO. The molecule has 0 saturated heterocycles. The zero-order chi connectivity index (χ0) is 7.40. The smallest absolute Gasteiger partial charge is 0.124 e. The fraction of sp³-hybridized carbons (Fsp3) is 0.875. The number of carbonyl (C=O) groups is 1. The Labute approximate surface area is 62.0 Å². The molecule has 0 aromatic heterocycles. The summed E-state index contributed by atoms with van der Waals surface area (Å²) in [5.74, 6) is 0.277. The highest BCUT2D eigenvalue weighted by atomic mass is 16.1. The standard InChI is InChI=1S/C8H15NO/c1-9-8-5-3-2-4-7(8)6-10/h6-9H,2-5H2,1H3/t7-,8+/m0/s1. The van der Waals surface area contributed by atoms with E-state index in [0.717, 1.165) is 12.7 Å². The van der Waals surface area contributed by atoms with Gasteiger partial charge in [-0.2, -0.15) is 0 Å². The summed E-state index contributed by atoms with van der Waals surface area (Å²) in [6, 6.07) is 0.450. The summed E-state index contributed by atoms with van der Waals surface area (Å²) in [5.41, 5.74) is 0.